The van der Waals surface area contributed by atoms with Crippen LogP contribution < -0.4 is 0 Å². The van der Waals surface area contributed by atoms with Crippen LogP contribution in [0, 0.1) is 16.9 Å². The van der Waals surface area contributed by atoms with E-state index in [-0.39, 0.29) is 5.41 Å². The minimum Gasteiger partial charge on any atom is -0.396 e. The van der Waals surface area contributed by atoms with E-state index in [9.17, 15) is 0 Å². The van der Waals surface area contributed by atoms with Gasteiger partial charge in [0.2, 0.25) is 0 Å². The summed E-state index contributed by atoms with van der Waals surface area (Å²) < 4.78 is 0. The third-order valence-electron chi connectivity index (χ3n) is 1.99. The van der Waals surface area contributed by atoms with E-state index in [4.69, 9.17) is 5.11 Å². The lowest BCUT2D eigenvalue weighted by Gasteiger charge is -2.18. The van der Waals surface area contributed by atoms with E-state index in [0.29, 0.717) is 6.61 Å². The molecule has 0 bridgehead atoms. The zero-order chi connectivity index (χ0) is 11.2. The molecular weight excluding hydrogens is 188 g/mol. The van der Waals surface area contributed by atoms with Crippen molar-refractivity contribution in [1.82, 2.24) is 0 Å². The molecule has 0 aliphatic carbocycles. The van der Waals surface area contributed by atoms with Crippen LogP contribution in [0.4, 0.5) is 0 Å². The molecule has 0 aromatic heterocycles. The SMILES string of the molecule is CC(C)(C#C[Si](C)(C)C)CCCCO. The lowest BCUT2D eigenvalue weighted by Crippen LogP contribution is -2.18. The first-order chi connectivity index (χ1) is 6.27. The summed E-state index contributed by atoms with van der Waals surface area (Å²) in [5.41, 5.74) is 3.54. The molecule has 0 saturated carbocycles. The fraction of sp³-hybridized carbons (Fsp3) is 0.833. The van der Waals surface area contributed by atoms with Crippen LogP contribution in [-0.4, -0.2) is 19.8 Å². The molecule has 2 heteroatoms. The summed E-state index contributed by atoms with van der Waals surface area (Å²) in [5.74, 6) is 3.39. The van der Waals surface area contributed by atoms with Gasteiger partial charge in [0.25, 0.3) is 0 Å². The molecule has 0 spiro atoms. The van der Waals surface area contributed by atoms with Crippen molar-refractivity contribution in [3.05, 3.63) is 0 Å². The van der Waals surface area contributed by atoms with E-state index in [2.05, 4.69) is 45.0 Å². The Morgan fingerprint density at radius 2 is 1.71 bits per heavy atom. The highest BCUT2D eigenvalue weighted by Crippen LogP contribution is 2.22. The Morgan fingerprint density at radius 1 is 1.14 bits per heavy atom. The molecule has 82 valence electrons. The predicted octanol–water partition coefficient (Wildman–Crippen LogP) is 3.06. The molecule has 0 aromatic carbocycles. The second kappa shape index (κ2) is 5.58. The van der Waals surface area contributed by atoms with Gasteiger partial charge in [-0.25, -0.2) is 0 Å². The molecular formula is C12H24OSi. The van der Waals surface area contributed by atoms with Gasteiger partial charge in [-0.3, -0.25) is 0 Å². The van der Waals surface area contributed by atoms with Crippen molar-refractivity contribution in [3.63, 3.8) is 0 Å². The zero-order valence-electron chi connectivity index (χ0n) is 10.3. The number of aliphatic hydroxyl groups is 1. The van der Waals surface area contributed by atoms with Crippen molar-refractivity contribution in [2.75, 3.05) is 6.61 Å². The van der Waals surface area contributed by atoms with Crippen molar-refractivity contribution in [1.29, 1.82) is 0 Å². The van der Waals surface area contributed by atoms with Crippen LogP contribution in [0.1, 0.15) is 33.1 Å². The van der Waals surface area contributed by atoms with Crippen molar-refractivity contribution >= 4 is 8.07 Å². The fourth-order valence-corrected chi connectivity index (χ4v) is 1.81. The van der Waals surface area contributed by atoms with E-state index in [1.54, 1.807) is 0 Å². The van der Waals surface area contributed by atoms with Crippen LogP contribution in [0.2, 0.25) is 19.6 Å². The van der Waals surface area contributed by atoms with Crippen molar-refractivity contribution in [3.8, 4) is 11.5 Å². The molecule has 0 aliphatic heterocycles. The molecule has 0 atom stereocenters. The van der Waals surface area contributed by atoms with Gasteiger partial charge in [0.1, 0.15) is 8.07 Å². The molecule has 0 fully saturated rings. The lowest BCUT2D eigenvalue weighted by molar-refractivity contribution is 0.275. The number of hydrogen-bond acceptors (Lipinski definition) is 1. The topological polar surface area (TPSA) is 20.2 Å². The summed E-state index contributed by atoms with van der Waals surface area (Å²) in [6.45, 7) is 11.5. The molecule has 0 heterocycles. The van der Waals surface area contributed by atoms with Crippen LogP contribution in [0.5, 0.6) is 0 Å². The van der Waals surface area contributed by atoms with Crippen LogP contribution in [0.15, 0.2) is 0 Å². The molecule has 0 rings (SSSR count). The summed E-state index contributed by atoms with van der Waals surface area (Å²) in [6.07, 6.45) is 3.06. The van der Waals surface area contributed by atoms with E-state index in [0.717, 1.165) is 19.3 Å². The van der Waals surface area contributed by atoms with Crippen molar-refractivity contribution in [2.24, 2.45) is 5.41 Å². The Hall–Kier alpha value is -0.263. The van der Waals surface area contributed by atoms with Gasteiger partial charge in [0.15, 0.2) is 0 Å². The monoisotopic (exact) mass is 212 g/mol. The minimum atomic E-state index is -1.23. The van der Waals surface area contributed by atoms with Crippen LogP contribution in [0.25, 0.3) is 0 Å². The first kappa shape index (κ1) is 13.7. The molecule has 0 saturated heterocycles. The van der Waals surface area contributed by atoms with Gasteiger partial charge in [-0.05, 0) is 33.1 Å². The summed E-state index contributed by atoms with van der Waals surface area (Å²) in [7, 11) is -1.23. The van der Waals surface area contributed by atoms with Crippen LogP contribution in [0.3, 0.4) is 0 Å². The number of unbranched alkanes of at least 4 members (excludes halogenated alkanes) is 1. The van der Waals surface area contributed by atoms with E-state index < -0.39 is 8.07 Å². The van der Waals surface area contributed by atoms with E-state index >= 15 is 0 Å². The summed E-state index contributed by atoms with van der Waals surface area (Å²) in [6, 6.07) is 0. The normalized spacial score (nSPS) is 12.1. The predicted molar refractivity (Wildman–Crippen MR) is 65.8 cm³/mol. The van der Waals surface area contributed by atoms with Gasteiger partial charge in [-0.2, -0.15) is 0 Å². The van der Waals surface area contributed by atoms with Crippen LogP contribution >= 0.6 is 0 Å². The smallest absolute Gasteiger partial charge is 0.129 e. The van der Waals surface area contributed by atoms with Crippen molar-refractivity contribution in [2.45, 2.75) is 52.8 Å². The van der Waals surface area contributed by atoms with Gasteiger partial charge in [0.05, 0.1) is 0 Å². The average Bonchev–Trinajstić information content (AvgIpc) is 2.00. The quantitative estimate of drug-likeness (QED) is 0.431. The third-order valence-corrected chi connectivity index (χ3v) is 2.86. The molecule has 0 unspecified atom stereocenters. The molecule has 14 heavy (non-hydrogen) atoms. The van der Waals surface area contributed by atoms with Crippen LogP contribution in [-0.2, 0) is 0 Å². The molecule has 0 radical (unpaired) electrons. The van der Waals surface area contributed by atoms with Gasteiger partial charge < -0.3 is 5.11 Å². The minimum absolute atomic E-state index is 0.120. The number of rotatable bonds is 4. The molecule has 0 aromatic rings. The van der Waals surface area contributed by atoms with Gasteiger partial charge in [0, 0.05) is 12.0 Å². The second-order valence-electron chi connectivity index (χ2n) is 5.56. The number of aliphatic hydroxyl groups excluding tert-OH is 1. The Balaban J connectivity index is 4.10. The third kappa shape index (κ3) is 8.34. The summed E-state index contributed by atoms with van der Waals surface area (Å²) >= 11 is 0. The zero-order valence-corrected chi connectivity index (χ0v) is 11.3. The first-order valence-electron chi connectivity index (χ1n) is 5.42. The Kier molecular flexibility index (Phi) is 5.47. The summed E-state index contributed by atoms with van der Waals surface area (Å²) in [4.78, 5) is 0. The first-order valence-corrected chi connectivity index (χ1v) is 8.92. The highest BCUT2D eigenvalue weighted by atomic mass is 28.3. The molecule has 0 aliphatic rings. The molecule has 0 amide bonds. The van der Waals surface area contributed by atoms with Gasteiger partial charge in [-0.15, -0.1) is 11.5 Å². The van der Waals surface area contributed by atoms with E-state index in [1.807, 2.05) is 0 Å². The van der Waals surface area contributed by atoms with E-state index in [1.165, 1.54) is 0 Å². The highest BCUT2D eigenvalue weighted by molar-refractivity contribution is 6.83. The summed E-state index contributed by atoms with van der Waals surface area (Å²) in [5, 5.41) is 8.69. The maximum atomic E-state index is 8.69. The standard InChI is InChI=1S/C12H24OSi/c1-12(2,8-6-7-10-13)9-11-14(3,4)5/h13H,6-8,10H2,1-5H3. The average molecular weight is 212 g/mol. The highest BCUT2D eigenvalue weighted by Gasteiger charge is 2.15. The molecule has 1 N–H and O–H groups in total. The Morgan fingerprint density at radius 3 is 2.14 bits per heavy atom. The maximum absolute atomic E-state index is 8.69. The molecule has 1 nitrogen and oxygen atoms in total. The fourth-order valence-electron chi connectivity index (χ4n) is 1.10. The lowest BCUT2D eigenvalue weighted by atomic mass is 9.88. The maximum Gasteiger partial charge on any atom is 0.129 e. The largest absolute Gasteiger partial charge is 0.396 e. The Bertz CT molecular complexity index is 215. The Labute approximate surface area is 89.9 Å². The van der Waals surface area contributed by atoms with Gasteiger partial charge >= 0.3 is 0 Å². The number of hydrogen-bond donors (Lipinski definition) is 1. The van der Waals surface area contributed by atoms with Gasteiger partial charge in [-0.1, -0.05) is 19.6 Å². The second-order valence-corrected chi connectivity index (χ2v) is 10.3. The van der Waals surface area contributed by atoms with Crippen molar-refractivity contribution < 1.29 is 5.11 Å².